The largest absolute Gasteiger partial charge is 0.344 e. The molecule has 110 valence electrons. The summed E-state index contributed by atoms with van der Waals surface area (Å²) in [6.45, 7) is 2.10. The molecule has 2 aromatic rings. The van der Waals surface area contributed by atoms with Crippen LogP contribution in [0.4, 0.5) is 22.7 Å². The Balaban J connectivity index is 2.38. The van der Waals surface area contributed by atoms with Crippen LogP contribution in [0.3, 0.4) is 0 Å². The van der Waals surface area contributed by atoms with E-state index in [4.69, 9.17) is 5.84 Å². The average molecular weight is 286 g/mol. The van der Waals surface area contributed by atoms with Gasteiger partial charge in [0.05, 0.1) is 10.6 Å². The van der Waals surface area contributed by atoms with Crippen LogP contribution in [-0.4, -0.2) is 12.0 Å². The highest BCUT2D eigenvalue weighted by Crippen LogP contribution is 2.30. The number of nitrogens with two attached hydrogens (primary N) is 1. The topological polar surface area (TPSA) is 84.4 Å². The number of nitrogens with one attached hydrogen (secondary N) is 1. The molecule has 0 saturated carbocycles. The van der Waals surface area contributed by atoms with Crippen LogP contribution >= 0.6 is 0 Å². The number of hydrogen-bond acceptors (Lipinski definition) is 5. The molecule has 0 aliphatic heterocycles. The molecule has 0 aliphatic carbocycles. The Labute approximate surface area is 123 Å². The number of benzene rings is 2. The van der Waals surface area contributed by atoms with E-state index in [1.165, 1.54) is 17.7 Å². The number of nitrogen functional groups attached to an aromatic ring is 1. The molecule has 0 aromatic heterocycles. The van der Waals surface area contributed by atoms with E-state index >= 15 is 0 Å². The molecule has 2 rings (SSSR count). The summed E-state index contributed by atoms with van der Waals surface area (Å²) >= 11 is 0. The van der Waals surface area contributed by atoms with Crippen LogP contribution < -0.4 is 16.2 Å². The zero-order valence-electron chi connectivity index (χ0n) is 12.0. The molecule has 0 radical (unpaired) electrons. The predicted octanol–water partition coefficient (Wildman–Crippen LogP) is 3.21. The highest BCUT2D eigenvalue weighted by Gasteiger charge is 2.13. The van der Waals surface area contributed by atoms with Gasteiger partial charge >= 0.3 is 0 Å². The quantitative estimate of drug-likeness (QED) is 0.501. The van der Waals surface area contributed by atoms with Gasteiger partial charge in [-0.05, 0) is 30.2 Å². The van der Waals surface area contributed by atoms with Gasteiger partial charge in [0.15, 0.2) is 0 Å². The predicted molar refractivity (Wildman–Crippen MR) is 84.8 cm³/mol. The molecule has 0 bridgehead atoms. The first-order chi connectivity index (χ1) is 10.0. The maximum atomic E-state index is 11.0. The second-order valence-electron chi connectivity index (χ2n) is 4.72. The maximum absolute atomic E-state index is 11.0. The van der Waals surface area contributed by atoms with Crippen molar-refractivity contribution in [3.63, 3.8) is 0 Å². The van der Waals surface area contributed by atoms with Crippen molar-refractivity contribution < 1.29 is 4.92 Å². The normalized spacial score (nSPS) is 10.2. The second-order valence-corrected chi connectivity index (χ2v) is 4.72. The SMILES string of the molecule is CCc1ccc(N(C)c2cc(NN)cc([N+](=O)[O-])c2)cc1. The van der Waals surface area contributed by atoms with Crippen molar-refractivity contribution >= 4 is 22.7 Å². The summed E-state index contributed by atoms with van der Waals surface area (Å²) in [7, 11) is 1.86. The van der Waals surface area contributed by atoms with Gasteiger partial charge in [-0.3, -0.25) is 16.0 Å². The summed E-state index contributed by atoms with van der Waals surface area (Å²) in [5.74, 6) is 5.37. The summed E-state index contributed by atoms with van der Waals surface area (Å²) in [5, 5.41) is 11.0. The fraction of sp³-hybridized carbons (Fsp3) is 0.200. The van der Waals surface area contributed by atoms with E-state index in [-0.39, 0.29) is 5.69 Å². The standard InChI is InChI=1S/C15H18N4O2/c1-3-11-4-6-13(7-5-11)18(2)14-8-12(17-16)9-15(10-14)19(20)21/h4-10,17H,3,16H2,1-2H3. The third-order valence-corrected chi connectivity index (χ3v) is 3.40. The Morgan fingerprint density at radius 1 is 1.19 bits per heavy atom. The van der Waals surface area contributed by atoms with E-state index in [1.54, 1.807) is 6.07 Å². The van der Waals surface area contributed by atoms with E-state index in [0.717, 1.165) is 12.1 Å². The van der Waals surface area contributed by atoms with Crippen molar-refractivity contribution in [2.24, 2.45) is 5.84 Å². The lowest BCUT2D eigenvalue weighted by Crippen LogP contribution is -2.12. The molecule has 0 aliphatic rings. The Morgan fingerprint density at radius 3 is 2.38 bits per heavy atom. The van der Waals surface area contributed by atoms with Crippen LogP contribution in [0.5, 0.6) is 0 Å². The smallest absolute Gasteiger partial charge is 0.273 e. The van der Waals surface area contributed by atoms with Crippen LogP contribution in [-0.2, 0) is 6.42 Å². The third-order valence-electron chi connectivity index (χ3n) is 3.40. The van der Waals surface area contributed by atoms with E-state index in [9.17, 15) is 10.1 Å². The van der Waals surface area contributed by atoms with Crippen LogP contribution in [0.25, 0.3) is 0 Å². The highest BCUT2D eigenvalue weighted by atomic mass is 16.6. The first-order valence-electron chi connectivity index (χ1n) is 6.64. The van der Waals surface area contributed by atoms with E-state index in [1.807, 2.05) is 36.2 Å². The zero-order valence-corrected chi connectivity index (χ0v) is 12.0. The van der Waals surface area contributed by atoms with Gasteiger partial charge in [0.2, 0.25) is 0 Å². The first kappa shape index (κ1) is 14.8. The van der Waals surface area contributed by atoms with E-state index < -0.39 is 4.92 Å². The molecule has 0 atom stereocenters. The molecule has 0 heterocycles. The summed E-state index contributed by atoms with van der Waals surface area (Å²) in [5.41, 5.74) is 5.85. The molecule has 0 amide bonds. The van der Waals surface area contributed by atoms with Crippen LogP contribution in [0.1, 0.15) is 12.5 Å². The number of hydrogen-bond donors (Lipinski definition) is 2. The number of rotatable bonds is 5. The Bertz CT molecular complexity index is 641. The Morgan fingerprint density at radius 2 is 1.86 bits per heavy atom. The molecular formula is C15H18N4O2. The van der Waals surface area contributed by atoms with Crippen LogP contribution in [0.15, 0.2) is 42.5 Å². The minimum Gasteiger partial charge on any atom is -0.344 e. The van der Waals surface area contributed by atoms with Gasteiger partial charge < -0.3 is 10.3 Å². The lowest BCUT2D eigenvalue weighted by atomic mass is 10.1. The number of hydrazine groups is 1. The molecule has 21 heavy (non-hydrogen) atoms. The molecule has 3 N–H and O–H groups in total. The third kappa shape index (κ3) is 3.29. The number of nitrogens with zero attached hydrogens (tertiary/aromatic N) is 2. The fourth-order valence-electron chi connectivity index (χ4n) is 2.08. The Hall–Kier alpha value is -2.60. The number of aryl methyl sites for hydroxylation is 1. The summed E-state index contributed by atoms with van der Waals surface area (Å²) in [6, 6.07) is 12.8. The van der Waals surface area contributed by atoms with E-state index in [0.29, 0.717) is 11.4 Å². The fourth-order valence-corrected chi connectivity index (χ4v) is 2.08. The monoisotopic (exact) mass is 286 g/mol. The van der Waals surface area contributed by atoms with Gasteiger partial charge in [-0.1, -0.05) is 19.1 Å². The minimum atomic E-state index is -0.432. The van der Waals surface area contributed by atoms with E-state index in [2.05, 4.69) is 12.3 Å². The second kappa shape index (κ2) is 6.23. The van der Waals surface area contributed by atoms with Gasteiger partial charge in [-0.15, -0.1) is 0 Å². The van der Waals surface area contributed by atoms with Crippen LogP contribution in [0.2, 0.25) is 0 Å². The summed E-state index contributed by atoms with van der Waals surface area (Å²) < 4.78 is 0. The zero-order chi connectivity index (χ0) is 15.4. The molecule has 0 fully saturated rings. The molecule has 0 spiro atoms. The van der Waals surface area contributed by atoms with Gasteiger partial charge in [0.25, 0.3) is 5.69 Å². The van der Waals surface area contributed by atoms with Crippen molar-refractivity contribution in [3.8, 4) is 0 Å². The summed E-state index contributed by atoms with van der Waals surface area (Å²) in [6.07, 6.45) is 0.974. The minimum absolute atomic E-state index is 0.00233. The molecule has 6 heteroatoms. The molecule has 2 aromatic carbocycles. The lowest BCUT2D eigenvalue weighted by Gasteiger charge is -2.20. The molecule has 6 nitrogen and oxygen atoms in total. The average Bonchev–Trinajstić information content (AvgIpc) is 2.53. The maximum Gasteiger partial charge on any atom is 0.273 e. The van der Waals surface area contributed by atoms with Crippen LogP contribution in [0, 0.1) is 10.1 Å². The van der Waals surface area contributed by atoms with Gasteiger partial charge in [0, 0.05) is 30.6 Å². The van der Waals surface area contributed by atoms with Crippen molar-refractivity contribution in [1.29, 1.82) is 0 Å². The molecule has 0 saturated heterocycles. The highest BCUT2D eigenvalue weighted by molar-refractivity contribution is 5.70. The number of nitro benzene ring substituents is 1. The summed E-state index contributed by atoms with van der Waals surface area (Å²) in [4.78, 5) is 12.4. The van der Waals surface area contributed by atoms with Gasteiger partial charge in [0.1, 0.15) is 0 Å². The Kier molecular flexibility index (Phi) is 4.39. The number of anilines is 3. The molecular weight excluding hydrogens is 268 g/mol. The lowest BCUT2D eigenvalue weighted by molar-refractivity contribution is -0.384. The van der Waals surface area contributed by atoms with Gasteiger partial charge in [-0.2, -0.15) is 0 Å². The number of nitro groups is 1. The van der Waals surface area contributed by atoms with Crippen molar-refractivity contribution in [2.45, 2.75) is 13.3 Å². The van der Waals surface area contributed by atoms with Crippen molar-refractivity contribution in [1.82, 2.24) is 0 Å². The van der Waals surface area contributed by atoms with Gasteiger partial charge in [-0.25, -0.2) is 0 Å². The molecule has 0 unspecified atom stereocenters. The number of non-ortho nitro benzene ring substituents is 1. The van der Waals surface area contributed by atoms with Crippen molar-refractivity contribution in [3.05, 3.63) is 58.1 Å². The first-order valence-corrected chi connectivity index (χ1v) is 6.64. The van der Waals surface area contributed by atoms with Crippen molar-refractivity contribution in [2.75, 3.05) is 17.4 Å².